The van der Waals surface area contributed by atoms with E-state index in [0.29, 0.717) is 0 Å². The zero-order valence-electron chi connectivity index (χ0n) is 3.64. The normalized spacial score (nSPS) is 18.0. The molecule has 0 saturated carbocycles. The zero-order valence-corrected chi connectivity index (χ0v) is 5.27. The minimum Gasteiger partial charge on any atom is -0.346 e. The van der Waals surface area contributed by atoms with Gasteiger partial charge in [-0.1, -0.05) is 11.8 Å². The molecular weight excluding hydrogens is 134 g/mol. The summed E-state index contributed by atoms with van der Waals surface area (Å²) in [6, 6.07) is 0. The smallest absolute Gasteiger partial charge is 0.279 e. The van der Waals surface area contributed by atoms with Crippen LogP contribution in [0.2, 0.25) is 0 Å². The molecule has 0 aromatic carbocycles. The fourth-order valence-electron chi connectivity index (χ4n) is 0.348. The largest absolute Gasteiger partial charge is 0.346 e. The molecule has 0 atom stereocenters. The molecule has 1 heterocycles. The molecule has 4 heteroatoms. The van der Waals surface area contributed by atoms with Gasteiger partial charge in [0.1, 0.15) is 0 Å². The summed E-state index contributed by atoms with van der Waals surface area (Å²) >= 11 is 1.35. The number of halogens is 1. The van der Waals surface area contributed by atoms with Crippen molar-refractivity contribution in [2.24, 2.45) is 0 Å². The van der Waals surface area contributed by atoms with Crippen LogP contribution in [0.1, 0.15) is 0 Å². The maximum atomic E-state index is 10.1. The van der Waals surface area contributed by atoms with Crippen LogP contribution >= 0.6 is 24.2 Å². The van der Waals surface area contributed by atoms with Crippen LogP contribution in [0.3, 0.4) is 0 Å². The van der Waals surface area contributed by atoms with Crippen molar-refractivity contribution in [1.29, 1.82) is 0 Å². The summed E-state index contributed by atoms with van der Waals surface area (Å²) in [5, 5.41) is 2.76. The van der Waals surface area contributed by atoms with E-state index in [9.17, 15) is 4.79 Å². The van der Waals surface area contributed by atoms with Gasteiger partial charge in [-0.2, -0.15) is 0 Å². The molecule has 7 heavy (non-hydrogen) atoms. The van der Waals surface area contributed by atoms with Crippen molar-refractivity contribution in [3.8, 4) is 0 Å². The van der Waals surface area contributed by atoms with Gasteiger partial charge in [-0.05, 0) is 0 Å². The van der Waals surface area contributed by atoms with Gasteiger partial charge < -0.3 is 5.32 Å². The third-order valence-electron chi connectivity index (χ3n) is 0.605. The van der Waals surface area contributed by atoms with Crippen LogP contribution in [0.25, 0.3) is 0 Å². The lowest BCUT2D eigenvalue weighted by Crippen LogP contribution is -2.10. The van der Waals surface area contributed by atoms with E-state index in [-0.39, 0.29) is 17.6 Å². The molecule has 2 nitrogen and oxygen atoms in total. The molecule has 1 rings (SSSR count). The maximum Gasteiger partial charge on any atom is 0.279 e. The van der Waals surface area contributed by atoms with Crippen LogP contribution < -0.4 is 5.32 Å². The molecule has 1 aliphatic heterocycles. The molecule has 1 saturated heterocycles. The summed E-state index contributed by atoms with van der Waals surface area (Å²) in [5.74, 6) is 0.943. The van der Waals surface area contributed by atoms with E-state index in [1.807, 2.05) is 0 Å². The van der Waals surface area contributed by atoms with Gasteiger partial charge in [0, 0.05) is 12.3 Å². The van der Waals surface area contributed by atoms with Crippen LogP contribution in [0.5, 0.6) is 0 Å². The molecule has 42 valence electrons. The van der Waals surface area contributed by atoms with Crippen LogP contribution in [0, 0.1) is 0 Å². The monoisotopic (exact) mass is 139 g/mol. The molecule has 1 amide bonds. The minimum absolute atomic E-state index is 0. The summed E-state index contributed by atoms with van der Waals surface area (Å²) < 4.78 is 0. The van der Waals surface area contributed by atoms with E-state index in [1.165, 1.54) is 11.8 Å². The lowest BCUT2D eigenvalue weighted by molar-refractivity contribution is 0.262. The standard InChI is InChI=1S/C3H5NOS.ClH/c5-3-4-1-2-6-3;/h1-2H2,(H,4,5);1H. The number of nitrogens with one attached hydrogen (secondary N) is 1. The molecule has 0 aromatic heterocycles. The lowest BCUT2D eigenvalue weighted by atomic mass is 10.8. The fourth-order valence-corrected chi connectivity index (χ4v) is 0.941. The number of carbonyl (C=O) groups is 1. The average molecular weight is 140 g/mol. The van der Waals surface area contributed by atoms with Crippen LogP contribution in [-0.2, 0) is 0 Å². The second-order valence-electron chi connectivity index (χ2n) is 1.06. The number of carbonyl (C=O) groups excluding carboxylic acids is 1. The van der Waals surface area contributed by atoms with Gasteiger partial charge in [-0.3, -0.25) is 4.79 Å². The van der Waals surface area contributed by atoms with Gasteiger partial charge in [0.25, 0.3) is 5.24 Å². The molecule has 0 unspecified atom stereocenters. The Hall–Kier alpha value is 0.110. The summed E-state index contributed by atoms with van der Waals surface area (Å²) in [7, 11) is 0. The van der Waals surface area contributed by atoms with Crippen molar-refractivity contribution < 1.29 is 4.79 Å². The highest BCUT2D eigenvalue weighted by Gasteiger charge is 2.06. The molecular formula is C3H6ClNOS. The fraction of sp³-hybridized carbons (Fsp3) is 0.667. The van der Waals surface area contributed by atoms with Crippen LogP contribution in [0.4, 0.5) is 4.79 Å². The van der Waals surface area contributed by atoms with Crippen LogP contribution in [-0.4, -0.2) is 17.5 Å². The van der Waals surface area contributed by atoms with Gasteiger partial charge in [0.05, 0.1) is 0 Å². The third-order valence-corrected chi connectivity index (χ3v) is 1.42. The molecule has 0 spiro atoms. The number of thioether (sulfide) groups is 1. The van der Waals surface area contributed by atoms with Crippen LogP contribution in [0.15, 0.2) is 0 Å². The Morgan fingerprint density at radius 2 is 2.43 bits per heavy atom. The third kappa shape index (κ3) is 2.04. The second-order valence-corrected chi connectivity index (χ2v) is 2.13. The molecule has 1 fully saturated rings. The summed E-state index contributed by atoms with van der Waals surface area (Å²) in [5.41, 5.74) is 0. The highest BCUT2D eigenvalue weighted by Crippen LogP contribution is 2.04. The van der Waals surface area contributed by atoms with Gasteiger partial charge >= 0.3 is 0 Å². The first kappa shape index (κ1) is 7.11. The predicted molar refractivity (Wildman–Crippen MR) is 33.1 cm³/mol. The van der Waals surface area contributed by atoms with Gasteiger partial charge in [-0.15, -0.1) is 12.4 Å². The van der Waals surface area contributed by atoms with Crippen molar-refractivity contribution in [3.63, 3.8) is 0 Å². The number of hydrogen-bond donors (Lipinski definition) is 1. The summed E-state index contributed by atoms with van der Waals surface area (Å²) in [6.07, 6.45) is 0. The van der Waals surface area contributed by atoms with E-state index < -0.39 is 0 Å². The topological polar surface area (TPSA) is 29.1 Å². The molecule has 0 bridgehead atoms. The highest BCUT2D eigenvalue weighted by atomic mass is 35.5. The van der Waals surface area contributed by atoms with E-state index in [1.54, 1.807) is 0 Å². The number of hydrogen-bond acceptors (Lipinski definition) is 2. The van der Waals surface area contributed by atoms with Gasteiger partial charge in [0.2, 0.25) is 0 Å². The van der Waals surface area contributed by atoms with Crippen molar-refractivity contribution in [1.82, 2.24) is 5.32 Å². The Bertz CT molecular complexity index is 69.3. The summed E-state index contributed by atoms with van der Waals surface area (Å²) in [4.78, 5) is 10.1. The Kier molecular flexibility index (Phi) is 3.21. The van der Waals surface area contributed by atoms with Gasteiger partial charge in [-0.25, -0.2) is 0 Å². The molecule has 0 aromatic rings. The lowest BCUT2D eigenvalue weighted by Gasteiger charge is -1.78. The Balaban J connectivity index is 0.000000360. The maximum absolute atomic E-state index is 10.1. The van der Waals surface area contributed by atoms with Crippen molar-refractivity contribution >= 4 is 29.4 Å². The number of amides is 1. The zero-order chi connectivity index (χ0) is 4.41. The molecule has 0 aliphatic carbocycles. The Morgan fingerprint density at radius 3 is 2.57 bits per heavy atom. The molecule has 1 aliphatic rings. The van der Waals surface area contributed by atoms with E-state index in [4.69, 9.17) is 0 Å². The first-order chi connectivity index (χ1) is 2.89. The Labute approximate surface area is 52.5 Å². The Morgan fingerprint density at radius 1 is 1.71 bits per heavy atom. The van der Waals surface area contributed by atoms with Gasteiger partial charge in [0.15, 0.2) is 0 Å². The predicted octanol–water partition coefficient (Wildman–Crippen LogP) is 0.865. The second kappa shape index (κ2) is 3.16. The van der Waals surface area contributed by atoms with Crippen molar-refractivity contribution in [2.45, 2.75) is 0 Å². The van der Waals surface area contributed by atoms with E-state index in [0.717, 1.165) is 12.3 Å². The first-order valence-corrected chi connectivity index (χ1v) is 2.79. The van der Waals surface area contributed by atoms with Crippen molar-refractivity contribution in [2.75, 3.05) is 12.3 Å². The average Bonchev–Trinajstić information content (AvgIpc) is 1.86. The molecule has 1 N–H and O–H groups in total. The van der Waals surface area contributed by atoms with Crippen molar-refractivity contribution in [3.05, 3.63) is 0 Å². The highest BCUT2D eigenvalue weighted by molar-refractivity contribution is 8.13. The molecule has 0 radical (unpaired) electrons. The number of rotatable bonds is 0. The van der Waals surface area contributed by atoms with E-state index in [2.05, 4.69) is 5.32 Å². The van der Waals surface area contributed by atoms with E-state index >= 15 is 0 Å². The first-order valence-electron chi connectivity index (χ1n) is 1.80. The quantitative estimate of drug-likeness (QED) is 0.540. The minimum atomic E-state index is 0. The summed E-state index contributed by atoms with van der Waals surface area (Å²) in [6.45, 7) is 0.851. The SMILES string of the molecule is Cl.O=C1NCCS1.